The van der Waals surface area contributed by atoms with Crippen LogP contribution in [0.2, 0.25) is 0 Å². The zero-order valence-electron chi connectivity index (χ0n) is 13.3. The van der Waals surface area contributed by atoms with Crippen LogP contribution < -0.4 is 0 Å². The molecule has 23 heavy (non-hydrogen) atoms. The van der Waals surface area contributed by atoms with Crippen LogP contribution in [0, 0.1) is 6.92 Å². The van der Waals surface area contributed by atoms with E-state index in [4.69, 9.17) is 0 Å². The lowest BCUT2D eigenvalue weighted by Crippen LogP contribution is -2.10. The zero-order valence-corrected chi connectivity index (χ0v) is 14.9. The van der Waals surface area contributed by atoms with Crippen molar-refractivity contribution in [3.63, 3.8) is 0 Å². The van der Waals surface area contributed by atoms with E-state index in [2.05, 4.69) is 43.4 Å². The van der Waals surface area contributed by atoms with Gasteiger partial charge in [0.25, 0.3) is 0 Å². The van der Waals surface area contributed by atoms with Gasteiger partial charge in [-0.25, -0.2) is 4.68 Å². The van der Waals surface area contributed by atoms with Crippen molar-refractivity contribution in [2.24, 2.45) is 5.10 Å². The Morgan fingerprint density at radius 3 is 2.65 bits per heavy atom. The third-order valence-electron chi connectivity index (χ3n) is 4.19. The Kier molecular flexibility index (Phi) is 5.39. The van der Waals surface area contributed by atoms with E-state index in [0.717, 1.165) is 21.7 Å². The normalized spacial score (nSPS) is 17.0. The lowest BCUT2D eigenvalue weighted by atomic mass is 9.89. The number of hydrogen-bond donors (Lipinski definition) is 0. The molecular weight excluding hydrogens is 352 g/mol. The van der Waals surface area contributed by atoms with Crippen molar-refractivity contribution in [2.45, 2.75) is 44.9 Å². The van der Waals surface area contributed by atoms with Crippen LogP contribution in [0.1, 0.15) is 55.2 Å². The first-order valence-electron chi connectivity index (χ1n) is 8.12. The number of nitrogens with zero attached hydrogens (tertiary/aromatic N) is 4. The Hall–Kier alpha value is -1.75. The lowest BCUT2D eigenvalue weighted by molar-refractivity contribution is 0.419. The molecule has 2 aromatic rings. The van der Waals surface area contributed by atoms with Crippen LogP contribution in [-0.2, 0) is 0 Å². The largest absolute Gasteiger partial charge is 0.201 e. The van der Waals surface area contributed by atoms with E-state index in [1.807, 2.05) is 42.1 Å². The van der Waals surface area contributed by atoms with E-state index in [-0.39, 0.29) is 0 Å². The molecule has 120 valence electrons. The summed E-state index contributed by atoms with van der Waals surface area (Å²) >= 11 is 3.56. The number of hydrogen-bond acceptors (Lipinski definition) is 3. The van der Waals surface area contributed by atoms with Crippen LogP contribution in [0.4, 0.5) is 0 Å². The molecule has 0 spiro atoms. The molecule has 0 atom stereocenters. The van der Waals surface area contributed by atoms with Gasteiger partial charge in [0.1, 0.15) is 0 Å². The Morgan fingerprint density at radius 1 is 1.17 bits per heavy atom. The first kappa shape index (κ1) is 16.1. The summed E-state index contributed by atoms with van der Waals surface area (Å²) in [6.45, 7) is 1.95. The maximum atomic E-state index is 4.59. The van der Waals surface area contributed by atoms with Gasteiger partial charge in [-0.05, 0) is 47.3 Å². The molecule has 1 fully saturated rings. The summed E-state index contributed by atoms with van der Waals surface area (Å²) < 4.78 is 2.81. The second-order valence-corrected chi connectivity index (χ2v) is 6.85. The fourth-order valence-corrected chi connectivity index (χ4v) is 3.35. The quantitative estimate of drug-likeness (QED) is 0.715. The minimum absolute atomic E-state index is 0.485. The van der Waals surface area contributed by atoms with Crippen LogP contribution in [-0.4, -0.2) is 21.1 Å². The van der Waals surface area contributed by atoms with Crippen LogP contribution in [0.15, 0.2) is 39.9 Å². The van der Waals surface area contributed by atoms with E-state index < -0.39 is 0 Å². The zero-order chi connectivity index (χ0) is 16.1. The van der Waals surface area contributed by atoms with Crippen LogP contribution in [0.3, 0.4) is 0 Å². The standard InChI is InChI=1S/C18H21BrN4/c1-14-21-22-18(16-10-6-3-7-11-16)23(14)20-13-17(19)12-15-8-4-2-5-9-15/h2,4-5,8-9,12-13,16H,3,6-7,10-11H2,1H3/b17-12+,20-13-. The van der Waals surface area contributed by atoms with E-state index in [0.29, 0.717) is 5.92 Å². The highest BCUT2D eigenvalue weighted by Crippen LogP contribution is 2.31. The van der Waals surface area contributed by atoms with Crippen LogP contribution in [0.25, 0.3) is 6.08 Å². The maximum absolute atomic E-state index is 4.59. The second kappa shape index (κ2) is 7.68. The van der Waals surface area contributed by atoms with Gasteiger partial charge in [-0.15, -0.1) is 10.2 Å². The van der Waals surface area contributed by atoms with E-state index >= 15 is 0 Å². The number of aromatic nitrogens is 3. The van der Waals surface area contributed by atoms with Gasteiger partial charge in [0.05, 0.1) is 6.21 Å². The molecule has 0 bridgehead atoms. The van der Waals surface area contributed by atoms with Crippen molar-refractivity contribution >= 4 is 28.2 Å². The predicted octanol–water partition coefficient (Wildman–Crippen LogP) is 4.90. The molecular formula is C18H21BrN4. The van der Waals surface area contributed by atoms with Crippen molar-refractivity contribution in [1.82, 2.24) is 14.9 Å². The Balaban J connectivity index is 1.79. The fourth-order valence-electron chi connectivity index (χ4n) is 2.99. The topological polar surface area (TPSA) is 43.1 Å². The fraction of sp³-hybridized carbons (Fsp3) is 0.389. The molecule has 3 rings (SSSR count). The lowest BCUT2D eigenvalue weighted by Gasteiger charge is -2.20. The SMILES string of the molecule is Cc1nnc(C2CCCCC2)n1/N=C\C(Br)=C/c1ccccc1. The first-order chi connectivity index (χ1) is 11.2. The summed E-state index contributed by atoms with van der Waals surface area (Å²) in [6, 6.07) is 10.2. The molecule has 5 heteroatoms. The van der Waals surface area contributed by atoms with Crippen LogP contribution in [0.5, 0.6) is 0 Å². The molecule has 0 radical (unpaired) electrons. The van der Waals surface area contributed by atoms with Crippen molar-refractivity contribution < 1.29 is 0 Å². The number of aryl methyl sites for hydroxylation is 1. The van der Waals surface area contributed by atoms with Gasteiger partial charge in [-0.3, -0.25) is 0 Å². The van der Waals surface area contributed by atoms with Crippen molar-refractivity contribution in [3.05, 3.63) is 52.0 Å². The summed E-state index contributed by atoms with van der Waals surface area (Å²) in [4.78, 5) is 0. The maximum Gasteiger partial charge on any atom is 0.157 e. The second-order valence-electron chi connectivity index (χ2n) is 5.94. The highest BCUT2D eigenvalue weighted by molar-refractivity contribution is 9.12. The minimum atomic E-state index is 0.485. The molecule has 1 aliphatic rings. The minimum Gasteiger partial charge on any atom is -0.201 e. The third-order valence-corrected chi connectivity index (χ3v) is 4.63. The average molecular weight is 373 g/mol. The number of rotatable bonds is 4. The van der Waals surface area contributed by atoms with E-state index in [9.17, 15) is 0 Å². The molecule has 1 heterocycles. The van der Waals surface area contributed by atoms with Gasteiger partial charge >= 0.3 is 0 Å². The Morgan fingerprint density at radius 2 is 1.91 bits per heavy atom. The summed E-state index contributed by atoms with van der Waals surface area (Å²) in [7, 11) is 0. The third kappa shape index (κ3) is 4.16. The van der Waals surface area contributed by atoms with Gasteiger partial charge in [0, 0.05) is 10.4 Å². The Bertz CT molecular complexity index is 697. The van der Waals surface area contributed by atoms with Crippen LogP contribution >= 0.6 is 15.9 Å². The summed E-state index contributed by atoms with van der Waals surface area (Å²) in [5.41, 5.74) is 1.14. The molecule has 0 unspecified atom stereocenters. The smallest absolute Gasteiger partial charge is 0.157 e. The molecule has 1 aliphatic carbocycles. The highest BCUT2D eigenvalue weighted by Gasteiger charge is 2.22. The summed E-state index contributed by atoms with van der Waals surface area (Å²) in [5.74, 6) is 2.32. The molecule has 1 aromatic carbocycles. The van der Waals surface area contributed by atoms with Gasteiger partial charge in [0.2, 0.25) is 0 Å². The first-order valence-corrected chi connectivity index (χ1v) is 8.92. The van der Waals surface area contributed by atoms with E-state index in [1.165, 1.54) is 32.1 Å². The average Bonchev–Trinajstić information content (AvgIpc) is 2.95. The molecule has 0 amide bonds. The van der Waals surface area contributed by atoms with Crippen molar-refractivity contribution in [2.75, 3.05) is 0 Å². The van der Waals surface area contributed by atoms with Gasteiger partial charge < -0.3 is 0 Å². The van der Waals surface area contributed by atoms with Gasteiger partial charge in [0.15, 0.2) is 11.6 Å². The molecule has 4 nitrogen and oxygen atoms in total. The molecule has 0 N–H and O–H groups in total. The van der Waals surface area contributed by atoms with Crippen molar-refractivity contribution in [3.8, 4) is 0 Å². The monoisotopic (exact) mass is 372 g/mol. The molecule has 1 saturated carbocycles. The van der Waals surface area contributed by atoms with Crippen molar-refractivity contribution in [1.29, 1.82) is 0 Å². The molecule has 0 aliphatic heterocycles. The van der Waals surface area contributed by atoms with Gasteiger partial charge in [-0.1, -0.05) is 49.6 Å². The Labute approximate surface area is 145 Å². The van der Waals surface area contributed by atoms with E-state index in [1.54, 1.807) is 0 Å². The highest BCUT2D eigenvalue weighted by atomic mass is 79.9. The molecule has 1 aromatic heterocycles. The number of benzene rings is 1. The number of allylic oxidation sites excluding steroid dienone is 1. The summed E-state index contributed by atoms with van der Waals surface area (Å²) in [6.07, 6.45) is 10.1. The number of halogens is 1. The van der Waals surface area contributed by atoms with Gasteiger partial charge in [-0.2, -0.15) is 5.10 Å². The predicted molar refractivity (Wildman–Crippen MR) is 97.8 cm³/mol. The molecule has 0 saturated heterocycles. The summed E-state index contributed by atoms with van der Waals surface area (Å²) in [5, 5.41) is 13.2.